The molecular formula is C42H68O15. The summed E-state index contributed by atoms with van der Waals surface area (Å²) in [5, 5.41) is 108. The number of hydrogen-bond donors (Lipinski definition) is 10. The maximum atomic E-state index is 13.1. The predicted molar refractivity (Wildman–Crippen MR) is 201 cm³/mol. The lowest BCUT2D eigenvalue weighted by molar-refractivity contribution is -0.383. The first-order valence-electron chi connectivity index (χ1n) is 21.1. The number of carboxylic acid groups (broad SMARTS) is 1. The van der Waals surface area contributed by atoms with Crippen LogP contribution in [0.4, 0.5) is 0 Å². The highest BCUT2D eigenvalue weighted by molar-refractivity contribution is 5.76. The second-order valence-corrected chi connectivity index (χ2v) is 20.2. The van der Waals surface area contributed by atoms with Gasteiger partial charge in [0.15, 0.2) is 12.6 Å². The molecule has 2 heterocycles. The number of ether oxygens (including phenoxy) is 4. The van der Waals surface area contributed by atoms with Gasteiger partial charge in [0.05, 0.1) is 30.8 Å². The Morgan fingerprint density at radius 1 is 0.737 bits per heavy atom. The summed E-state index contributed by atoms with van der Waals surface area (Å²) in [5.74, 6) is -0.651. The van der Waals surface area contributed by atoms with Gasteiger partial charge in [-0.15, -0.1) is 0 Å². The first-order valence-corrected chi connectivity index (χ1v) is 21.1. The van der Waals surface area contributed by atoms with Crippen LogP contribution >= 0.6 is 0 Å². The number of aliphatic hydroxyl groups excluding tert-OH is 9. The van der Waals surface area contributed by atoms with Crippen LogP contribution in [0.15, 0.2) is 12.2 Å². The second kappa shape index (κ2) is 15.2. The highest BCUT2D eigenvalue weighted by atomic mass is 16.8. The molecule has 0 unspecified atom stereocenters. The van der Waals surface area contributed by atoms with Crippen molar-refractivity contribution in [2.45, 2.75) is 166 Å². The van der Waals surface area contributed by atoms with Crippen molar-refractivity contribution in [1.82, 2.24) is 0 Å². The quantitative estimate of drug-likeness (QED) is 0.114. The fourth-order valence-corrected chi connectivity index (χ4v) is 14.9. The third-order valence-corrected chi connectivity index (χ3v) is 17.6. The second-order valence-electron chi connectivity index (χ2n) is 20.2. The third kappa shape index (κ3) is 6.26. The Hall–Kier alpha value is -1.31. The lowest BCUT2D eigenvalue weighted by Gasteiger charge is -2.73. The fraction of sp³-hybridized carbons (Fsp3) is 0.929. The van der Waals surface area contributed by atoms with Crippen LogP contribution in [0.1, 0.15) is 92.4 Å². The Bertz CT molecular complexity index is 1510. The van der Waals surface area contributed by atoms with E-state index in [4.69, 9.17) is 18.9 Å². The number of aliphatic carboxylic acids is 1. The average Bonchev–Trinajstić information content (AvgIpc) is 3.57. The SMILES string of the molecule is C=C(C)[C@@H]1CC[C@]2(C(=O)O)CC[C@]3(CO)[C@H](CC[C@@H]4[C@@]5(C)C[C@@H](O)[C@H](O[C@@H]6O[C@H](CO)[C@@H](O)[C@H](O)[C@H]6O[C@@H]6O[C@H](CO)[C@@H](O)[C@H](O)[C@H]6O)C(C)(C)[C@@H]5CC[C@]43C)[C@@H]12. The summed E-state index contributed by atoms with van der Waals surface area (Å²) >= 11 is 0. The molecule has 5 aliphatic carbocycles. The number of carbonyl (C=O) groups is 1. The molecule has 57 heavy (non-hydrogen) atoms. The number of allylic oxidation sites excluding steroid dienone is 1. The van der Waals surface area contributed by atoms with Gasteiger partial charge >= 0.3 is 5.97 Å². The Morgan fingerprint density at radius 3 is 1.96 bits per heavy atom. The minimum Gasteiger partial charge on any atom is -0.481 e. The van der Waals surface area contributed by atoms with Gasteiger partial charge in [0.2, 0.25) is 0 Å². The number of carboxylic acids is 1. The minimum absolute atomic E-state index is 0.00215. The van der Waals surface area contributed by atoms with Crippen molar-refractivity contribution in [2.75, 3.05) is 19.8 Å². The van der Waals surface area contributed by atoms with Gasteiger partial charge in [-0.3, -0.25) is 4.79 Å². The van der Waals surface area contributed by atoms with Crippen LogP contribution in [-0.4, -0.2) is 150 Å². The summed E-state index contributed by atoms with van der Waals surface area (Å²) in [4.78, 5) is 13.1. The van der Waals surface area contributed by atoms with Crippen molar-refractivity contribution in [2.24, 2.45) is 56.7 Å². The van der Waals surface area contributed by atoms with Gasteiger partial charge in [-0.2, -0.15) is 0 Å². The van der Waals surface area contributed by atoms with Gasteiger partial charge in [0.25, 0.3) is 0 Å². The molecule has 2 aliphatic heterocycles. The standard InChI is InChI=1S/C42H68O15/c1-19(2)20-9-12-41(37(52)53)13-14-42(18-45)21(27(20)41)7-8-26-39(5)15-22(46)34(38(3,4)25(39)10-11-40(26,42)6)57-36-33(31(50)29(48)24(17-44)55-36)56-35-32(51)30(49)28(47)23(16-43)54-35/h20-36,43-51H,1,7-18H2,2-6H3,(H,52,53)/t20-,21+,22+,23+,24+,25-,26+,27+,28+,29+,30-,31-,32+,33+,34-,35-,36-,39-,40+,41-,42-/m0/s1. The number of rotatable bonds is 9. The fourth-order valence-electron chi connectivity index (χ4n) is 14.9. The van der Waals surface area contributed by atoms with Gasteiger partial charge in [-0.25, -0.2) is 0 Å². The summed E-state index contributed by atoms with van der Waals surface area (Å²) in [6.07, 6.45) is -12.0. The molecule has 2 saturated heterocycles. The van der Waals surface area contributed by atoms with E-state index in [1.165, 1.54) is 0 Å². The number of hydrogen-bond acceptors (Lipinski definition) is 14. The molecular weight excluding hydrogens is 744 g/mol. The van der Waals surface area contributed by atoms with Crippen molar-refractivity contribution < 1.29 is 74.8 Å². The van der Waals surface area contributed by atoms with Crippen molar-refractivity contribution in [3.05, 3.63) is 12.2 Å². The van der Waals surface area contributed by atoms with E-state index in [9.17, 15) is 55.9 Å². The van der Waals surface area contributed by atoms with Gasteiger partial charge in [0.1, 0.15) is 48.8 Å². The van der Waals surface area contributed by atoms with Crippen LogP contribution in [0.5, 0.6) is 0 Å². The van der Waals surface area contributed by atoms with Crippen molar-refractivity contribution >= 4 is 5.97 Å². The van der Waals surface area contributed by atoms with E-state index in [0.717, 1.165) is 37.7 Å². The van der Waals surface area contributed by atoms with Crippen LogP contribution in [0.2, 0.25) is 0 Å². The Labute approximate surface area is 335 Å². The molecule has 21 atom stereocenters. The highest BCUT2D eigenvalue weighted by Gasteiger charge is 2.74. The molecule has 326 valence electrons. The van der Waals surface area contributed by atoms with Gasteiger partial charge in [-0.05, 0) is 111 Å². The summed E-state index contributed by atoms with van der Waals surface area (Å²) in [6, 6.07) is 0. The monoisotopic (exact) mass is 812 g/mol. The molecule has 0 aromatic rings. The molecule has 7 fully saturated rings. The van der Waals surface area contributed by atoms with Gasteiger partial charge in [0, 0.05) is 12.0 Å². The van der Waals surface area contributed by atoms with Crippen molar-refractivity contribution in [1.29, 1.82) is 0 Å². The maximum absolute atomic E-state index is 13.1. The van der Waals surface area contributed by atoms with Crippen molar-refractivity contribution in [3.8, 4) is 0 Å². The van der Waals surface area contributed by atoms with Crippen LogP contribution in [0.25, 0.3) is 0 Å². The molecule has 7 rings (SSSR count). The van der Waals surface area contributed by atoms with E-state index in [1.807, 2.05) is 20.8 Å². The summed E-state index contributed by atoms with van der Waals surface area (Å²) in [6.45, 7) is 13.5. The van der Waals surface area contributed by atoms with Crippen LogP contribution in [0.3, 0.4) is 0 Å². The maximum Gasteiger partial charge on any atom is 0.309 e. The largest absolute Gasteiger partial charge is 0.481 e. The lowest BCUT2D eigenvalue weighted by atomic mass is 9.32. The van der Waals surface area contributed by atoms with E-state index < -0.39 is 114 Å². The van der Waals surface area contributed by atoms with E-state index in [0.29, 0.717) is 25.7 Å². The molecule has 15 heteroatoms. The van der Waals surface area contributed by atoms with Crippen LogP contribution < -0.4 is 0 Å². The van der Waals surface area contributed by atoms with E-state index >= 15 is 0 Å². The normalized spacial score (nSPS) is 54.5. The Balaban J connectivity index is 1.17. The Morgan fingerprint density at radius 2 is 1.37 bits per heavy atom. The molecule has 0 aromatic heterocycles. The lowest BCUT2D eigenvalue weighted by Crippen LogP contribution is -2.71. The minimum atomic E-state index is -1.82. The predicted octanol–water partition coefficient (Wildman–Crippen LogP) is 0.681. The van der Waals surface area contributed by atoms with Gasteiger partial charge < -0.3 is 70.0 Å². The first kappa shape index (κ1) is 43.8. The molecule has 0 spiro atoms. The first-order chi connectivity index (χ1) is 26.7. The topological polar surface area (TPSA) is 256 Å². The summed E-state index contributed by atoms with van der Waals surface area (Å²) < 4.78 is 24.1. The van der Waals surface area contributed by atoms with Gasteiger partial charge in [-0.1, -0.05) is 39.8 Å². The summed E-state index contributed by atoms with van der Waals surface area (Å²) in [5.41, 5.74) is -1.82. The van der Waals surface area contributed by atoms with Crippen LogP contribution in [-0.2, 0) is 23.7 Å². The number of aliphatic hydroxyl groups is 9. The third-order valence-electron chi connectivity index (χ3n) is 17.6. The van der Waals surface area contributed by atoms with E-state index in [2.05, 4.69) is 20.4 Å². The zero-order valence-corrected chi connectivity index (χ0v) is 34.0. The number of fused-ring (bicyclic) bond motifs is 7. The van der Waals surface area contributed by atoms with E-state index in [-0.39, 0.29) is 41.6 Å². The molecule has 0 aromatic carbocycles. The zero-order valence-electron chi connectivity index (χ0n) is 34.0. The zero-order chi connectivity index (χ0) is 41.8. The molecule has 0 amide bonds. The Kier molecular flexibility index (Phi) is 11.7. The molecule has 7 aliphatic rings. The highest BCUT2D eigenvalue weighted by Crippen LogP contribution is 2.77. The molecule has 10 N–H and O–H groups in total. The molecule has 15 nitrogen and oxygen atoms in total. The van der Waals surface area contributed by atoms with E-state index in [1.54, 1.807) is 0 Å². The van der Waals surface area contributed by atoms with Crippen LogP contribution in [0, 0.1) is 56.7 Å². The molecule has 0 radical (unpaired) electrons. The summed E-state index contributed by atoms with van der Waals surface area (Å²) in [7, 11) is 0. The molecule has 5 saturated carbocycles. The molecule has 0 bridgehead atoms. The van der Waals surface area contributed by atoms with Crippen molar-refractivity contribution in [3.63, 3.8) is 0 Å². The smallest absolute Gasteiger partial charge is 0.309 e. The average molecular weight is 813 g/mol.